The normalized spacial score (nSPS) is 25.2. The molecule has 34 heavy (non-hydrogen) atoms. The minimum absolute atomic E-state index is 0.0102. The van der Waals surface area contributed by atoms with Gasteiger partial charge in [0.05, 0.1) is 25.3 Å². The number of fused-ring (bicyclic) bond motifs is 2. The highest BCUT2D eigenvalue weighted by molar-refractivity contribution is 5.90. The SMILES string of the molecule is C=CC(O)N1CC2C(C1)C2Cn1cc(Nc2cn(C)nc2OC)c2ncn(C3CCC3)c2c1=O. The van der Waals surface area contributed by atoms with Crippen molar-refractivity contribution in [3.05, 3.63) is 41.7 Å². The third kappa shape index (κ3) is 3.35. The number of hydrogen-bond acceptors (Lipinski definition) is 7. The minimum atomic E-state index is -0.588. The van der Waals surface area contributed by atoms with Crippen LogP contribution in [0.2, 0.25) is 0 Å². The van der Waals surface area contributed by atoms with Gasteiger partial charge in [0.2, 0.25) is 0 Å². The van der Waals surface area contributed by atoms with Gasteiger partial charge in [0.1, 0.15) is 22.9 Å². The lowest BCUT2D eigenvalue weighted by atomic mass is 9.93. The van der Waals surface area contributed by atoms with E-state index in [1.165, 1.54) is 6.42 Å². The summed E-state index contributed by atoms with van der Waals surface area (Å²) in [5.74, 6) is 1.93. The number of nitrogens with one attached hydrogen (secondary N) is 1. The number of aromatic nitrogens is 5. The summed E-state index contributed by atoms with van der Waals surface area (Å²) in [6.07, 6.45) is 9.88. The van der Waals surface area contributed by atoms with Crippen LogP contribution in [0.4, 0.5) is 11.4 Å². The van der Waals surface area contributed by atoms with Crippen molar-refractivity contribution in [1.82, 2.24) is 28.8 Å². The lowest BCUT2D eigenvalue weighted by Gasteiger charge is -2.27. The molecule has 0 bridgehead atoms. The van der Waals surface area contributed by atoms with Crippen LogP contribution in [0.15, 0.2) is 36.2 Å². The number of aliphatic hydroxyl groups is 1. The van der Waals surface area contributed by atoms with Gasteiger partial charge in [-0.1, -0.05) is 6.58 Å². The second kappa shape index (κ2) is 7.99. The van der Waals surface area contributed by atoms with Crippen LogP contribution in [-0.2, 0) is 13.6 Å². The van der Waals surface area contributed by atoms with Crippen molar-refractivity contribution in [2.45, 2.75) is 38.1 Å². The Morgan fingerprint density at radius 1 is 1.29 bits per heavy atom. The fourth-order valence-electron chi connectivity index (χ4n) is 5.75. The minimum Gasteiger partial charge on any atom is -0.478 e. The molecule has 3 unspecified atom stereocenters. The number of ether oxygens (including phenoxy) is 1. The van der Waals surface area contributed by atoms with Crippen LogP contribution < -0.4 is 15.6 Å². The molecule has 10 nitrogen and oxygen atoms in total. The Hall–Kier alpha value is -3.11. The van der Waals surface area contributed by atoms with Crippen LogP contribution in [0.1, 0.15) is 25.3 Å². The van der Waals surface area contributed by atoms with Crippen molar-refractivity contribution in [2.24, 2.45) is 24.8 Å². The van der Waals surface area contributed by atoms with Crippen molar-refractivity contribution in [3.63, 3.8) is 0 Å². The van der Waals surface area contributed by atoms with Crippen molar-refractivity contribution in [3.8, 4) is 5.88 Å². The fourth-order valence-corrected chi connectivity index (χ4v) is 5.75. The molecule has 10 heteroatoms. The van der Waals surface area contributed by atoms with Crippen molar-refractivity contribution < 1.29 is 9.84 Å². The van der Waals surface area contributed by atoms with Gasteiger partial charge in [-0.05, 0) is 43.1 Å². The Bertz CT molecular complexity index is 1290. The van der Waals surface area contributed by atoms with Gasteiger partial charge in [-0.2, -0.15) is 0 Å². The van der Waals surface area contributed by atoms with E-state index in [4.69, 9.17) is 4.74 Å². The number of anilines is 2. The highest BCUT2D eigenvalue weighted by atomic mass is 16.5. The molecule has 1 aliphatic heterocycles. The van der Waals surface area contributed by atoms with Gasteiger partial charge in [0.15, 0.2) is 0 Å². The molecule has 1 saturated heterocycles. The van der Waals surface area contributed by atoms with E-state index in [0.29, 0.717) is 47.3 Å². The summed E-state index contributed by atoms with van der Waals surface area (Å²) in [4.78, 5) is 20.4. The first kappa shape index (κ1) is 21.4. The monoisotopic (exact) mass is 465 g/mol. The van der Waals surface area contributed by atoms with Crippen molar-refractivity contribution in [1.29, 1.82) is 0 Å². The molecule has 2 N–H and O–H groups in total. The average Bonchev–Trinajstić information content (AvgIpc) is 3.21. The van der Waals surface area contributed by atoms with E-state index in [1.807, 2.05) is 30.3 Å². The number of imidazole rings is 1. The molecule has 180 valence electrons. The number of nitrogens with zero attached hydrogens (tertiary/aromatic N) is 6. The Balaban J connectivity index is 1.35. The second-order valence-corrected chi connectivity index (χ2v) is 9.88. The number of likely N-dealkylation sites (tertiary alicyclic amines) is 1. The van der Waals surface area contributed by atoms with Crippen LogP contribution in [0.25, 0.3) is 11.0 Å². The zero-order valence-corrected chi connectivity index (χ0v) is 19.6. The lowest BCUT2D eigenvalue weighted by molar-refractivity contribution is 0.0477. The number of piperidine rings is 1. The molecule has 2 saturated carbocycles. The summed E-state index contributed by atoms with van der Waals surface area (Å²) < 4.78 is 11.0. The third-order valence-electron chi connectivity index (χ3n) is 7.91. The van der Waals surface area contributed by atoms with Gasteiger partial charge in [-0.15, -0.1) is 5.10 Å². The average molecular weight is 466 g/mol. The Labute approximate surface area is 197 Å². The maximum atomic E-state index is 13.7. The highest BCUT2D eigenvalue weighted by Crippen LogP contribution is 2.52. The fraction of sp³-hybridized carbons (Fsp3) is 0.542. The van der Waals surface area contributed by atoms with Gasteiger partial charge >= 0.3 is 0 Å². The molecule has 4 heterocycles. The molecule has 0 radical (unpaired) electrons. The molecular formula is C24H31N7O3. The summed E-state index contributed by atoms with van der Waals surface area (Å²) >= 11 is 0. The number of hydrogen-bond donors (Lipinski definition) is 2. The summed E-state index contributed by atoms with van der Waals surface area (Å²) in [6.45, 7) is 6.05. The predicted molar refractivity (Wildman–Crippen MR) is 128 cm³/mol. The molecule has 6 rings (SSSR count). The molecule has 0 amide bonds. The van der Waals surface area contributed by atoms with E-state index in [0.717, 1.165) is 37.3 Å². The molecule has 3 fully saturated rings. The molecule has 3 atom stereocenters. The zero-order valence-electron chi connectivity index (χ0n) is 19.6. The van der Waals surface area contributed by atoms with E-state index in [1.54, 1.807) is 17.9 Å². The number of pyridine rings is 1. The highest BCUT2D eigenvalue weighted by Gasteiger charge is 2.56. The first-order chi connectivity index (χ1) is 16.5. The van der Waals surface area contributed by atoms with E-state index < -0.39 is 6.23 Å². The van der Waals surface area contributed by atoms with E-state index in [9.17, 15) is 9.90 Å². The Kier molecular flexibility index (Phi) is 5.03. The van der Waals surface area contributed by atoms with Gasteiger partial charge < -0.3 is 24.3 Å². The number of aryl methyl sites for hydroxylation is 1. The van der Waals surface area contributed by atoms with Crippen molar-refractivity contribution in [2.75, 3.05) is 25.5 Å². The summed E-state index contributed by atoms with van der Waals surface area (Å²) in [7, 11) is 3.43. The lowest BCUT2D eigenvalue weighted by Crippen LogP contribution is -2.35. The summed E-state index contributed by atoms with van der Waals surface area (Å²) in [5.41, 5.74) is 2.85. The van der Waals surface area contributed by atoms with Crippen molar-refractivity contribution >= 4 is 22.4 Å². The molecule has 0 spiro atoms. The van der Waals surface area contributed by atoms with E-state index >= 15 is 0 Å². The number of rotatable bonds is 8. The van der Waals surface area contributed by atoms with E-state index in [-0.39, 0.29) is 5.56 Å². The van der Waals surface area contributed by atoms with Gasteiger partial charge in [-0.25, -0.2) is 4.98 Å². The van der Waals surface area contributed by atoms with Crippen LogP contribution in [-0.4, -0.2) is 60.3 Å². The van der Waals surface area contributed by atoms with E-state index in [2.05, 4.69) is 31.4 Å². The number of methoxy groups -OCH3 is 1. The maximum Gasteiger partial charge on any atom is 0.276 e. The maximum absolute atomic E-state index is 13.7. The van der Waals surface area contributed by atoms with Crippen LogP contribution >= 0.6 is 0 Å². The molecule has 3 aliphatic rings. The van der Waals surface area contributed by atoms with Gasteiger partial charge in [0.25, 0.3) is 11.4 Å². The predicted octanol–water partition coefficient (Wildman–Crippen LogP) is 2.09. The standard InChI is InChI=1S/C24H31N7O3/c1-4-20(32)29-8-15-16(9-29)17(15)10-30-12-18(26-19-11-28(2)27-23(19)34-3)21-22(24(30)33)31(13-25-21)14-6-5-7-14/h4,11-17,20,26,32H,1,5-10H2,2-3H3. The zero-order chi connectivity index (χ0) is 23.6. The molecule has 0 aromatic carbocycles. The molecule has 3 aromatic rings. The first-order valence-corrected chi connectivity index (χ1v) is 12.0. The smallest absolute Gasteiger partial charge is 0.276 e. The first-order valence-electron chi connectivity index (χ1n) is 12.0. The summed E-state index contributed by atoms with van der Waals surface area (Å²) in [5, 5.41) is 17.8. The number of aliphatic hydroxyl groups excluding tert-OH is 1. The van der Waals surface area contributed by atoms with Crippen LogP contribution in [0.3, 0.4) is 0 Å². The van der Waals surface area contributed by atoms with Gasteiger partial charge in [-0.3, -0.25) is 14.4 Å². The Morgan fingerprint density at radius 2 is 2.06 bits per heavy atom. The molecular weight excluding hydrogens is 434 g/mol. The Morgan fingerprint density at radius 3 is 2.71 bits per heavy atom. The quantitative estimate of drug-likeness (QED) is 0.491. The summed E-state index contributed by atoms with van der Waals surface area (Å²) in [6, 6.07) is 0.337. The topological polar surface area (TPSA) is 102 Å². The van der Waals surface area contributed by atoms with Crippen LogP contribution in [0.5, 0.6) is 5.88 Å². The molecule has 2 aliphatic carbocycles. The largest absolute Gasteiger partial charge is 0.478 e. The third-order valence-corrected chi connectivity index (χ3v) is 7.91. The van der Waals surface area contributed by atoms with Crippen LogP contribution in [0, 0.1) is 17.8 Å². The molecule has 3 aromatic heterocycles. The second-order valence-electron chi connectivity index (χ2n) is 9.88. The van der Waals surface area contributed by atoms with Gasteiger partial charge in [0, 0.05) is 38.9 Å².